The molecule has 0 aliphatic heterocycles. The molecule has 238 valence electrons. The molecule has 0 amide bonds. The molecule has 0 aliphatic rings. The molecule has 11 aromatic rings. The Morgan fingerprint density at radius 3 is 1.10 bits per heavy atom. The van der Waals surface area contributed by atoms with Gasteiger partial charge in [-0.15, -0.1) is 0 Å². The van der Waals surface area contributed by atoms with Crippen molar-refractivity contribution in [3.8, 4) is 44.5 Å². The molecule has 0 nitrogen and oxygen atoms in total. The fourth-order valence-electron chi connectivity index (χ4n) is 8.40. The Hall–Kier alpha value is -5.28. The summed E-state index contributed by atoms with van der Waals surface area (Å²) in [5.41, 5.74) is 10.5. The van der Waals surface area contributed by atoms with Crippen LogP contribution in [0.3, 0.4) is 0 Å². The SMILES string of the molecule is c1ccc2c(-c3ccc4c(c3)[se]c3ccc(-c5c6ccccc6c(-c6ccsc6)c6ccccc56)cc34)c3ccccc3c(-c3ccsc3)c2c1. The molecule has 11 rings (SSSR count). The van der Waals surface area contributed by atoms with Crippen molar-refractivity contribution >= 4 is 99.6 Å². The van der Waals surface area contributed by atoms with E-state index in [-0.39, 0.29) is 14.5 Å². The van der Waals surface area contributed by atoms with Crippen LogP contribution < -0.4 is 0 Å². The van der Waals surface area contributed by atoms with Crippen molar-refractivity contribution in [2.24, 2.45) is 0 Å². The van der Waals surface area contributed by atoms with Crippen LogP contribution in [0.4, 0.5) is 0 Å². The molecule has 3 aromatic heterocycles. The van der Waals surface area contributed by atoms with Crippen molar-refractivity contribution < 1.29 is 0 Å². The van der Waals surface area contributed by atoms with Crippen molar-refractivity contribution in [3.05, 3.63) is 167 Å². The second-order valence-electron chi connectivity index (χ2n) is 13.2. The maximum atomic E-state index is 2.49. The Kier molecular flexibility index (Phi) is 6.72. The fourth-order valence-corrected chi connectivity index (χ4v) is 12.1. The molecular formula is C48H28S2Se. The molecule has 0 spiro atoms. The van der Waals surface area contributed by atoms with Crippen LogP contribution >= 0.6 is 22.7 Å². The van der Waals surface area contributed by atoms with Gasteiger partial charge in [0.25, 0.3) is 0 Å². The molecule has 0 fully saturated rings. The molecule has 0 bridgehead atoms. The third kappa shape index (κ3) is 4.50. The Labute approximate surface area is 309 Å². The third-order valence-electron chi connectivity index (χ3n) is 10.5. The monoisotopic (exact) mass is 748 g/mol. The standard InChI is InChI=1S/C48H28S2Se/c1-5-13-38-34(9-1)45(35-10-2-6-14-39(35)47(38)31-21-23-49-27-31)29-18-20-43-42(25-29)33-19-17-30(26-44(33)51-43)46-36-11-3-7-15-40(36)48(32-22-24-50-28-32)41-16-8-4-12-37(41)46/h1-28H. The molecule has 0 saturated heterocycles. The quantitative estimate of drug-likeness (QED) is 0.124. The molecule has 8 aromatic carbocycles. The van der Waals surface area contributed by atoms with E-state index in [1.807, 2.05) is 0 Å². The molecule has 51 heavy (non-hydrogen) atoms. The van der Waals surface area contributed by atoms with Crippen LogP contribution in [-0.4, -0.2) is 14.5 Å². The summed E-state index contributed by atoms with van der Waals surface area (Å²) >= 11 is 3.75. The van der Waals surface area contributed by atoms with Gasteiger partial charge in [-0.1, -0.05) is 0 Å². The predicted molar refractivity (Wildman–Crippen MR) is 226 cm³/mol. The summed E-state index contributed by atoms with van der Waals surface area (Å²) in [6.45, 7) is 0. The zero-order valence-corrected chi connectivity index (χ0v) is 30.7. The first-order valence-electron chi connectivity index (χ1n) is 17.2. The summed E-state index contributed by atoms with van der Waals surface area (Å²) in [4.78, 5) is 0. The molecule has 0 N–H and O–H groups in total. The van der Waals surface area contributed by atoms with Crippen LogP contribution in [-0.2, 0) is 0 Å². The van der Waals surface area contributed by atoms with Gasteiger partial charge in [0.1, 0.15) is 0 Å². The van der Waals surface area contributed by atoms with Crippen LogP contribution in [0.25, 0.3) is 107 Å². The Bertz CT molecular complexity index is 3010. The van der Waals surface area contributed by atoms with Gasteiger partial charge in [-0.2, -0.15) is 0 Å². The maximum absolute atomic E-state index is 2.49. The number of fused-ring (bicyclic) bond motifs is 7. The molecule has 0 atom stereocenters. The first-order chi connectivity index (χ1) is 25.3. The van der Waals surface area contributed by atoms with E-state index < -0.39 is 0 Å². The molecule has 0 aliphatic carbocycles. The van der Waals surface area contributed by atoms with Crippen molar-refractivity contribution in [1.82, 2.24) is 0 Å². The Morgan fingerprint density at radius 1 is 0.294 bits per heavy atom. The van der Waals surface area contributed by atoms with Crippen molar-refractivity contribution in [2.75, 3.05) is 0 Å². The molecular weight excluding hydrogens is 720 g/mol. The van der Waals surface area contributed by atoms with Crippen LogP contribution in [0.2, 0.25) is 0 Å². The number of rotatable bonds is 4. The van der Waals surface area contributed by atoms with Gasteiger partial charge >= 0.3 is 311 Å². The van der Waals surface area contributed by atoms with Gasteiger partial charge in [-0.25, -0.2) is 0 Å². The summed E-state index contributed by atoms with van der Waals surface area (Å²) in [7, 11) is 0. The summed E-state index contributed by atoms with van der Waals surface area (Å²) < 4.78 is 2.93. The zero-order chi connectivity index (χ0) is 33.5. The second-order valence-corrected chi connectivity index (χ2v) is 17.1. The van der Waals surface area contributed by atoms with E-state index in [4.69, 9.17) is 0 Å². The van der Waals surface area contributed by atoms with Gasteiger partial charge in [-0.3, -0.25) is 0 Å². The van der Waals surface area contributed by atoms with Crippen LogP contribution in [0.15, 0.2) is 167 Å². The van der Waals surface area contributed by atoms with E-state index >= 15 is 0 Å². The van der Waals surface area contributed by atoms with Crippen molar-refractivity contribution in [2.45, 2.75) is 0 Å². The number of benzene rings is 8. The molecule has 0 unspecified atom stereocenters. The Morgan fingerprint density at radius 2 is 0.686 bits per heavy atom. The normalized spacial score (nSPS) is 11.9. The average Bonchev–Trinajstić information content (AvgIpc) is 3.98. The molecule has 3 heteroatoms. The van der Waals surface area contributed by atoms with Gasteiger partial charge in [0.2, 0.25) is 0 Å². The predicted octanol–water partition coefficient (Wildman–Crippen LogP) is 14.5. The second kappa shape index (κ2) is 11.6. The van der Waals surface area contributed by atoms with E-state index in [0.29, 0.717) is 0 Å². The topological polar surface area (TPSA) is 0 Å². The summed E-state index contributed by atoms with van der Waals surface area (Å²) in [6.07, 6.45) is 0. The van der Waals surface area contributed by atoms with Gasteiger partial charge in [-0.05, 0) is 0 Å². The Balaban J connectivity index is 1.13. The van der Waals surface area contributed by atoms with Crippen LogP contribution in [0, 0.1) is 0 Å². The van der Waals surface area contributed by atoms with E-state index in [2.05, 4.69) is 167 Å². The average molecular weight is 748 g/mol. The number of hydrogen-bond donors (Lipinski definition) is 0. The summed E-state index contributed by atoms with van der Waals surface area (Å²) in [6, 6.07) is 54.9. The van der Waals surface area contributed by atoms with Gasteiger partial charge in [0.05, 0.1) is 0 Å². The molecule has 0 saturated carbocycles. The van der Waals surface area contributed by atoms with Crippen LogP contribution in [0.1, 0.15) is 0 Å². The van der Waals surface area contributed by atoms with Crippen molar-refractivity contribution in [3.63, 3.8) is 0 Å². The first-order valence-corrected chi connectivity index (χ1v) is 20.8. The first kappa shape index (κ1) is 29.4. The van der Waals surface area contributed by atoms with E-state index in [0.717, 1.165) is 0 Å². The summed E-state index contributed by atoms with van der Waals surface area (Å²) in [5.74, 6) is 0. The van der Waals surface area contributed by atoms with E-state index in [1.165, 1.54) is 107 Å². The number of hydrogen-bond acceptors (Lipinski definition) is 2. The minimum atomic E-state index is 0.231. The van der Waals surface area contributed by atoms with Gasteiger partial charge < -0.3 is 0 Å². The van der Waals surface area contributed by atoms with Crippen molar-refractivity contribution in [1.29, 1.82) is 0 Å². The third-order valence-corrected chi connectivity index (χ3v) is 14.3. The van der Waals surface area contributed by atoms with E-state index in [1.54, 1.807) is 22.7 Å². The van der Waals surface area contributed by atoms with Gasteiger partial charge in [0.15, 0.2) is 0 Å². The van der Waals surface area contributed by atoms with E-state index in [9.17, 15) is 0 Å². The molecule has 0 radical (unpaired) electrons. The molecule has 3 heterocycles. The van der Waals surface area contributed by atoms with Gasteiger partial charge in [0, 0.05) is 0 Å². The van der Waals surface area contributed by atoms with Crippen LogP contribution in [0.5, 0.6) is 0 Å². The fraction of sp³-hybridized carbons (Fsp3) is 0. The minimum absolute atomic E-state index is 0.231. The number of thiophene rings is 2. The zero-order valence-electron chi connectivity index (χ0n) is 27.4. The summed E-state index contributed by atoms with van der Waals surface area (Å²) in [5, 5.41) is 22.2.